The molecule has 94 valence electrons. The lowest BCUT2D eigenvalue weighted by Crippen LogP contribution is -2.04. The summed E-state index contributed by atoms with van der Waals surface area (Å²) in [7, 11) is 0. The van der Waals surface area contributed by atoms with Crippen LogP contribution in [0.3, 0.4) is 0 Å². The maximum absolute atomic E-state index is 6.57. The number of halogens is 2. The van der Waals surface area contributed by atoms with Gasteiger partial charge in [-0.15, -0.1) is 22.9 Å². The number of hydrogen-bond acceptors (Lipinski definition) is 1. The molecule has 1 aromatic carbocycles. The Balaban J connectivity index is 1.92. The monoisotopic (exact) mass is 340 g/mol. The van der Waals surface area contributed by atoms with E-state index < -0.39 is 0 Å². The Bertz CT molecular complexity index is 561. The van der Waals surface area contributed by atoms with Gasteiger partial charge in [-0.05, 0) is 75.3 Å². The maximum atomic E-state index is 6.57. The van der Waals surface area contributed by atoms with Crippen LogP contribution in [0.5, 0.6) is 0 Å². The van der Waals surface area contributed by atoms with E-state index >= 15 is 0 Å². The van der Waals surface area contributed by atoms with Crippen LogP contribution in [0.15, 0.2) is 33.4 Å². The van der Waals surface area contributed by atoms with Crippen molar-refractivity contribution in [2.45, 2.75) is 31.1 Å². The normalized spacial score (nSPS) is 16.3. The van der Waals surface area contributed by atoms with E-state index in [1.165, 1.54) is 47.9 Å². The number of alkyl halides is 1. The lowest BCUT2D eigenvalue weighted by Gasteiger charge is -2.18. The van der Waals surface area contributed by atoms with Crippen LogP contribution in [0.4, 0.5) is 0 Å². The predicted molar refractivity (Wildman–Crippen MR) is 82.8 cm³/mol. The van der Waals surface area contributed by atoms with Gasteiger partial charge in [0.15, 0.2) is 0 Å². The summed E-state index contributed by atoms with van der Waals surface area (Å²) in [6.45, 7) is 0. The molecule has 1 unspecified atom stereocenters. The Hall–Kier alpha value is -0.310. The van der Waals surface area contributed by atoms with Gasteiger partial charge in [0.25, 0.3) is 0 Å². The average molecular weight is 342 g/mol. The van der Waals surface area contributed by atoms with E-state index in [1.54, 1.807) is 11.3 Å². The molecule has 1 aliphatic rings. The van der Waals surface area contributed by atoms with Crippen LogP contribution in [-0.2, 0) is 12.8 Å². The van der Waals surface area contributed by atoms with E-state index in [-0.39, 0.29) is 5.38 Å². The molecule has 3 heteroatoms. The molecule has 0 spiro atoms. The van der Waals surface area contributed by atoms with Gasteiger partial charge >= 0.3 is 0 Å². The molecule has 1 heterocycles. The van der Waals surface area contributed by atoms with Crippen LogP contribution < -0.4 is 0 Å². The highest BCUT2D eigenvalue weighted by molar-refractivity contribution is 9.11. The first-order chi connectivity index (χ1) is 8.74. The van der Waals surface area contributed by atoms with Crippen LogP contribution in [0, 0.1) is 0 Å². The zero-order chi connectivity index (χ0) is 12.5. The first kappa shape index (κ1) is 12.7. The lowest BCUT2D eigenvalue weighted by atomic mass is 9.89. The zero-order valence-corrected chi connectivity index (χ0v) is 13.1. The summed E-state index contributed by atoms with van der Waals surface area (Å²) < 4.78 is 1.14. The molecule has 0 amide bonds. The molecule has 0 N–H and O–H groups in total. The summed E-state index contributed by atoms with van der Waals surface area (Å²) in [4.78, 5) is 0. The highest BCUT2D eigenvalue weighted by Crippen LogP contribution is 2.35. The predicted octanol–water partition coefficient (Wildman–Crippen LogP) is 5.72. The fourth-order valence-corrected chi connectivity index (χ4v) is 4.10. The standard InChI is InChI=1S/C15H14BrClS/c16-14-8-13(9-18-14)15(17)12-6-5-10-3-1-2-4-11(10)7-12/h5-9,15H,1-4H2. The van der Waals surface area contributed by atoms with Gasteiger partial charge in [-0.3, -0.25) is 0 Å². The molecule has 3 rings (SSSR count). The minimum atomic E-state index is -0.0280. The second-order valence-electron chi connectivity index (χ2n) is 4.78. The smallest absolute Gasteiger partial charge is 0.0843 e. The van der Waals surface area contributed by atoms with E-state index in [0.29, 0.717) is 0 Å². The number of rotatable bonds is 2. The number of aryl methyl sites for hydroxylation is 2. The zero-order valence-electron chi connectivity index (χ0n) is 9.96. The Labute approximate surface area is 125 Å². The quantitative estimate of drug-likeness (QED) is 0.613. The Morgan fingerprint density at radius 3 is 2.56 bits per heavy atom. The van der Waals surface area contributed by atoms with Gasteiger partial charge in [-0.25, -0.2) is 0 Å². The minimum absolute atomic E-state index is 0.0280. The summed E-state index contributed by atoms with van der Waals surface area (Å²) in [5.74, 6) is 0. The average Bonchev–Trinajstić information content (AvgIpc) is 2.84. The van der Waals surface area contributed by atoms with Gasteiger partial charge in [0, 0.05) is 0 Å². The summed E-state index contributed by atoms with van der Waals surface area (Å²) in [6.07, 6.45) is 5.08. The second kappa shape index (κ2) is 5.36. The molecule has 0 nitrogen and oxygen atoms in total. The van der Waals surface area contributed by atoms with E-state index in [2.05, 4.69) is 45.6 Å². The van der Waals surface area contributed by atoms with Crippen molar-refractivity contribution in [2.24, 2.45) is 0 Å². The van der Waals surface area contributed by atoms with Crippen LogP contribution in [-0.4, -0.2) is 0 Å². The molecule has 0 saturated heterocycles. The Morgan fingerprint density at radius 1 is 1.06 bits per heavy atom. The fourth-order valence-electron chi connectivity index (χ4n) is 2.56. The first-order valence-corrected chi connectivity index (χ1v) is 8.34. The summed E-state index contributed by atoms with van der Waals surface area (Å²) in [5.41, 5.74) is 5.42. The van der Waals surface area contributed by atoms with E-state index in [9.17, 15) is 0 Å². The SMILES string of the molecule is ClC(c1csc(Br)c1)c1ccc2c(c1)CCCC2. The lowest BCUT2D eigenvalue weighted by molar-refractivity contribution is 0.684. The highest BCUT2D eigenvalue weighted by Gasteiger charge is 2.15. The van der Waals surface area contributed by atoms with Crippen molar-refractivity contribution in [3.05, 3.63) is 55.7 Å². The molecule has 0 saturated carbocycles. The van der Waals surface area contributed by atoms with E-state index in [0.717, 1.165) is 3.79 Å². The van der Waals surface area contributed by atoms with Crippen LogP contribution in [0.2, 0.25) is 0 Å². The molecule has 0 aliphatic heterocycles. The molecule has 0 bridgehead atoms. The van der Waals surface area contributed by atoms with Crippen molar-refractivity contribution in [1.82, 2.24) is 0 Å². The summed E-state index contributed by atoms with van der Waals surface area (Å²) in [5, 5.41) is 2.10. The molecule has 2 aromatic rings. The third-order valence-electron chi connectivity index (χ3n) is 3.55. The van der Waals surface area contributed by atoms with Gasteiger partial charge in [-0.1, -0.05) is 18.2 Å². The highest BCUT2D eigenvalue weighted by atomic mass is 79.9. The molecule has 18 heavy (non-hydrogen) atoms. The molecule has 1 atom stereocenters. The number of fused-ring (bicyclic) bond motifs is 1. The van der Waals surface area contributed by atoms with Gasteiger partial charge < -0.3 is 0 Å². The maximum Gasteiger partial charge on any atom is 0.0843 e. The second-order valence-corrected chi connectivity index (χ2v) is 7.51. The largest absolute Gasteiger partial charge is 0.136 e. The topological polar surface area (TPSA) is 0 Å². The van der Waals surface area contributed by atoms with Crippen molar-refractivity contribution < 1.29 is 0 Å². The van der Waals surface area contributed by atoms with E-state index in [1.807, 2.05) is 0 Å². The summed E-state index contributed by atoms with van der Waals surface area (Å²) in [6, 6.07) is 8.87. The molecular weight excluding hydrogens is 328 g/mol. The van der Waals surface area contributed by atoms with E-state index in [4.69, 9.17) is 11.6 Å². The third kappa shape index (κ3) is 2.52. The van der Waals surface area contributed by atoms with Crippen LogP contribution >= 0.6 is 38.9 Å². The van der Waals surface area contributed by atoms with Gasteiger partial charge in [-0.2, -0.15) is 0 Å². The number of hydrogen-bond donors (Lipinski definition) is 0. The van der Waals surface area contributed by atoms with Gasteiger partial charge in [0.05, 0.1) is 9.16 Å². The van der Waals surface area contributed by atoms with Crippen molar-refractivity contribution >= 4 is 38.9 Å². The van der Waals surface area contributed by atoms with Crippen LogP contribution in [0.1, 0.15) is 40.5 Å². The van der Waals surface area contributed by atoms with Crippen LogP contribution in [0.25, 0.3) is 0 Å². The third-order valence-corrected chi connectivity index (χ3v) is 5.57. The molecule has 0 radical (unpaired) electrons. The Morgan fingerprint density at radius 2 is 1.83 bits per heavy atom. The minimum Gasteiger partial charge on any atom is -0.136 e. The van der Waals surface area contributed by atoms with Gasteiger partial charge in [0.1, 0.15) is 0 Å². The summed E-state index contributed by atoms with van der Waals surface area (Å²) >= 11 is 11.8. The molecule has 0 fully saturated rings. The van der Waals surface area contributed by atoms with Crippen molar-refractivity contribution in [3.8, 4) is 0 Å². The van der Waals surface area contributed by atoms with Crippen molar-refractivity contribution in [2.75, 3.05) is 0 Å². The first-order valence-electron chi connectivity index (χ1n) is 6.24. The Kier molecular flexibility index (Phi) is 3.78. The molecule has 1 aliphatic carbocycles. The molecule has 1 aromatic heterocycles. The van der Waals surface area contributed by atoms with Crippen molar-refractivity contribution in [3.63, 3.8) is 0 Å². The number of benzene rings is 1. The van der Waals surface area contributed by atoms with Gasteiger partial charge in [0.2, 0.25) is 0 Å². The fraction of sp³-hybridized carbons (Fsp3) is 0.333. The number of thiophene rings is 1. The van der Waals surface area contributed by atoms with Crippen molar-refractivity contribution in [1.29, 1.82) is 0 Å². The molecular formula is C15H14BrClS.